The Labute approximate surface area is 116 Å². The molecule has 0 radical (unpaired) electrons. The van der Waals surface area contributed by atoms with Crippen LogP contribution in [-0.4, -0.2) is 31.3 Å². The molecule has 1 aromatic rings. The first-order valence-electron chi connectivity index (χ1n) is 5.72. The van der Waals surface area contributed by atoms with Crippen molar-refractivity contribution in [3.8, 4) is 0 Å². The fourth-order valence-electron chi connectivity index (χ4n) is 3.08. The van der Waals surface area contributed by atoms with E-state index in [4.69, 9.17) is 0 Å². The summed E-state index contributed by atoms with van der Waals surface area (Å²) in [5, 5.41) is 0. The number of hydrogen-bond acceptors (Lipinski definition) is 2. The van der Waals surface area contributed by atoms with Crippen molar-refractivity contribution in [2.45, 2.75) is 29.4 Å². The fraction of sp³-hybridized carbons (Fsp3) is 0.500. The largest absolute Gasteiger partial charge is 0.418 e. The summed E-state index contributed by atoms with van der Waals surface area (Å²) in [6.07, 6.45) is -11.9. The Morgan fingerprint density at radius 2 is 1.38 bits per heavy atom. The molecule has 0 bridgehead atoms. The molecule has 0 saturated carbocycles. The SMILES string of the molecule is CC1(c2ccccc2)CS(=O)(=O)C1(C(F)(F)F)C(F)(F)F. The summed E-state index contributed by atoms with van der Waals surface area (Å²) in [4.78, 5) is 0. The van der Waals surface area contributed by atoms with Crippen molar-refractivity contribution in [3.63, 3.8) is 0 Å². The van der Waals surface area contributed by atoms with E-state index in [1.807, 2.05) is 0 Å². The normalized spacial score (nSPS) is 28.0. The lowest BCUT2D eigenvalue weighted by atomic mass is 9.70. The average Bonchev–Trinajstić information content (AvgIpc) is 2.24. The standard InChI is InChI=1S/C12H10F6O2S/c1-9(8-5-3-2-4-6-8)7-21(19,20)10(9,11(13,14)15)12(16,17)18/h2-6H,7H2,1H3. The highest BCUT2D eigenvalue weighted by Crippen LogP contribution is 2.65. The Kier molecular flexibility index (Phi) is 3.18. The minimum absolute atomic E-state index is 0.311. The second-order valence-corrected chi connectivity index (χ2v) is 7.26. The third-order valence-electron chi connectivity index (χ3n) is 3.93. The van der Waals surface area contributed by atoms with Crippen LogP contribution in [0, 0.1) is 0 Å². The van der Waals surface area contributed by atoms with Crippen molar-refractivity contribution in [1.82, 2.24) is 0 Å². The van der Waals surface area contributed by atoms with E-state index < -0.39 is 38.1 Å². The molecule has 2 nitrogen and oxygen atoms in total. The number of benzene rings is 1. The van der Waals surface area contributed by atoms with Crippen molar-refractivity contribution in [2.24, 2.45) is 0 Å². The highest BCUT2D eigenvalue weighted by Gasteiger charge is 2.91. The highest BCUT2D eigenvalue weighted by molar-refractivity contribution is 7.94. The lowest BCUT2D eigenvalue weighted by Gasteiger charge is -2.56. The van der Waals surface area contributed by atoms with E-state index in [0.717, 1.165) is 12.1 Å². The predicted octanol–water partition coefficient (Wildman–Crippen LogP) is 3.24. The monoisotopic (exact) mass is 332 g/mol. The summed E-state index contributed by atoms with van der Waals surface area (Å²) in [6.45, 7) is 0.685. The smallest absolute Gasteiger partial charge is 0.227 e. The minimum atomic E-state index is -5.97. The van der Waals surface area contributed by atoms with Gasteiger partial charge in [-0.3, -0.25) is 0 Å². The van der Waals surface area contributed by atoms with E-state index in [-0.39, 0.29) is 5.56 Å². The van der Waals surface area contributed by atoms with Gasteiger partial charge >= 0.3 is 12.4 Å². The van der Waals surface area contributed by atoms with Crippen molar-refractivity contribution in [1.29, 1.82) is 0 Å². The Morgan fingerprint density at radius 1 is 0.952 bits per heavy atom. The molecule has 2 rings (SSSR count). The molecule has 1 aromatic carbocycles. The second kappa shape index (κ2) is 4.15. The van der Waals surface area contributed by atoms with Crippen LogP contribution in [0.2, 0.25) is 0 Å². The first kappa shape index (κ1) is 16.1. The van der Waals surface area contributed by atoms with Gasteiger partial charge in [0.1, 0.15) is 0 Å². The Balaban J connectivity index is 2.82. The fourth-order valence-corrected chi connectivity index (χ4v) is 5.78. The van der Waals surface area contributed by atoms with Crippen molar-refractivity contribution < 1.29 is 34.8 Å². The van der Waals surface area contributed by atoms with Gasteiger partial charge in [-0.15, -0.1) is 0 Å². The summed E-state index contributed by atoms with van der Waals surface area (Å²) in [7, 11) is -5.41. The molecule has 1 atom stereocenters. The van der Waals surface area contributed by atoms with E-state index in [1.54, 1.807) is 0 Å². The average molecular weight is 332 g/mol. The second-order valence-electron chi connectivity index (χ2n) is 5.13. The maximum absolute atomic E-state index is 13.2. The molecule has 1 saturated heterocycles. The predicted molar refractivity (Wildman–Crippen MR) is 62.4 cm³/mol. The van der Waals surface area contributed by atoms with Crippen LogP contribution in [-0.2, 0) is 15.3 Å². The topological polar surface area (TPSA) is 34.1 Å². The summed E-state index contributed by atoms with van der Waals surface area (Å²) < 4.78 is 97.8. The van der Waals surface area contributed by atoms with Crippen LogP contribution in [0.1, 0.15) is 12.5 Å². The molecule has 1 fully saturated rings. The first-order valence-corrected chi connectivity index (χ1v) is 7.38. The van der Waals surface area contributed by atoms with Gasteiger partial charge in [0.15, 0.2) is 9.84 Å². The van der Waals surface area contributed by atoms with Crippen LogP contribution < -0.4 is 0 Å². The van der Waals surface area contributed by atoms with Crippen LogP contribution >= 0.6 is 0 Å². The Hall–Kier alpha value is -1.25. The molecule has 0 amide bonds. The molecule has 118 valence electrons. The number of hydrogen-bond donors (Lipinski definition) is 0. The van der Waals surface area contributed by atoms with Gasteiger partial charge in [0.25, 0.3) is 4.75 Å². The molecule has 1 heterocycles. The maximum atomic E-state index is 13.2. The van der Waals surface area contributed by atoms with E-state index in [0.29, 0.717) is 6.92 Å². The summed E-state index contributed by atoms with van der Waals surface area (Å²) >= 11 is 0. The Morgan fingerprint density at radius 3 is 1.71 bits per heavy atom. The van der Waals surface area contributed by atoms with Gasteiger partial charge in [-0.2, -0.15) is 26.3 Å². The molecule has 1 aliphatic heterocycles. The molecule has 0 spiro atoms. The third-order valence-corrected chi connectivity index (χ3v) is 6.74. The maximum Gasteiger partial charge on any atom is 0.418 e. The molecule has 1 aliphatic rings. The lowest BCUT2D eigenvalue weighted by Crippen LogP contribution is -2.81. The zero-order valence-electron chi connectivity index (χ0n) is 10.6. The van der Waals surface area contributed by atoms with Gasteiger partial charge in [-0.05, 0) is 5.56 Å². The molecular formula is C12H10F6O2S. The van der Waals surface area contributed by atoms with Crippen LogP contribution in [0.15, 0.2) is 30.3 Å². The lowest BCUT2D eigenvalue weighted by molar-refractivity contribution is -0.289. The van der Waals surface area contributed by atoms with Gasteiger partial charge in [-0.1, -0.05) is 37.3 Å². The molecular weight excluding hydrogens is 322 g/mol. The van der Waals surface area contributed by atoms with E-state index in [9.17, 15) is 34.8 Å². The molecule has 9 heteroatoms. The van der Waals surface area contributed by atoms with Crippen molar-refractivity contribution >= 4 is 9.84 Å². The molecule has 21 heavy (non-hydrogen) atoms. The Bertz CT molecular complexity index is 633. The zero-order chi connectivity index (χ0) is 16.3. The summed E-state index contributed by atoms with van der Waals surface area (Å²) in [6, 6.07) is 6.09. The molecule has 0 aliphatic carbocycles. The third kappa shape index (κ3) is 1.75. The number of rotatable bonds is 1. The van der Waals surface area contributed by atoms with Gasteiger partial charge in [0.2, 0.25) is 0 Å². The van der Waals surface area contributed by atoms with E-state index in [2.05, 4.69) is 0 Å². The molecule has 0 N–H and O–H groups in total. The van der Waals surface area contributed by atoms with Crippen LogP contribution in [0.5, 0.6) is 0 Å². The molecule has 0 aromatic heterocycles. The highest BCUT2D eigenvalue weighted by atomic mass is 32.2. The molecule has 1 unspecified atom stereocenters. The number of halogens is 6. The quantitative estimate of drug-likeness (QED) is 0.740. The minimum Gasteiger partial charge on any atom is -0.227 e. The van der Waals surface area contributed by atoms with Gasteiger partial charge in [0, 0.05) is 5.41 Å². The van der Waals surface area contributed by atoms with Crippen LogP contribution in [0.4, 0.5) is 26.3 Å². The van der Waals surface area contributed by atoms with E-state index in [1.165, 1.54) is 18.2 Å². The summed E-state index contributed by atoms with van der Waals surface area (Å²) in [5.74, 6) is -1.21. The van der Waals surface area contributed by atoms with Gasteiger partial charge < -0.3 is 0 Å². The van der Waals surface area contributed by atoms with Crippen molar-refractivity contribution in [2.75, 3.05) is 5.75 Å². The van der Waals surface area contributed by atoms with E-state index >= 15 is 0 Å². The van der Waals surface area contributed by atoms with Gasteiger partial charge in [0.05, 0.1) is 5.75 Å². The van der Waals surface area contributed by atoms with Crippen LogP contribution in [0.3, 0.4) is 0 Å². The van der Waals surface area contributed by atoms with Gasteiger partial charge in [-0.25, -0.2) is 8.42 Å². The zero-order valence-corrected chi connectivity index (χ0v) is 11.4. The first-order chi connectivity index (χ1) is 9.31. The number of sulfone groups is 1. The van der Waals surface area contributed by atoms with Crippen LogP contribution in [0.25, 0.3) is 0 Å². The summed E-state index contributed by atoms with van der Waals surface area (Å²) in [5.41, 5.74) is -2.92. The van der Waals surface area contributed by atoms with Crippen molar-refractivity contribution in [3.05, 3.63) is 35.9 Å². The number of alkyl halides is 6.